The van der Waals surface area contributed by atoms with Gasteiger partial charge in [-0.3, -0.25) is 0 Å². The molecule has 0 heterocycles. The average molecular weight is 317 g/mol. The number of hydrogen-bond donors (Lipinski definition) is 1. The van der Waals surface area contributed by atoms with E-state index in [0.29, 0.717) is 19.6 Å². The van der Waals surface area contributed by atoms with E-state index in [0.717, 1.165) is 12.1 Å². The standard InChI is InChI=1S/C14H24FN3O2S/c1-11(2)10-18(6-5-17(3)4)21(19,20)14-8-12(15)7-13(16)9-14/h7-9,11H,5-6,10,16H2,1-4H3. The van der Waals surface area contributed by atoms with Gasteiger partial charge in [0.1, 0.15) is 5.82 Å². The summed E-state index contributed by atoms with van der Waals surface area (Å²) in [6, 6.07) is 3.40. The molecular formula is C14H24FN3O2S. The maximum Gasteiger partial charge on any atom is 0.243 e. The Kier molecular flexibility index (Phi) is 6.12. The van der Waals surface area contributed by atoms with Crippen molar-refractivity contribution in [3.63, 3.8) is 0 Å². The molecule has 0 saturated carbocycles. The summed E-state index contributed by atoms with van der Waals surface area (Å²) in [5, 5.41) is 0. The van der Waals surface area contributed by atoms with Crippen molar-refractivity contribution in [2.24, 2.45) is 5.92 Å². The lowest BCUT2D eigenvalue weighted by Crippen LogP contribution is -2.39. The molecule has 1 aromatic carbocycles. The summed E-state index contributed by atoms with van der Waals surface area (Å²) in [7, 11) is 0.000549. The summed E-state index contributed by atoms with van der Waals surface area (Å²) in [5.74, 6) is -0.474. The van der Waals surface area contributed by atoms with E-state index in [1.54, 1.807) is 0 Å². The first-order valence-corrected chi connectivity index (χ1v) is 8.28. The molecule has 21 heavy (non-hydrogen) atoms. The van der Waals surface area contributed by atoms with Crippen LogP contribution in [0.25, 0.3) is 0 Å². The number of rotatable bonds is 7. The quantitative estimate of drug-likeness (QED) is 0.776. The Morgan fingerprint density at radius 3 is 2.29 bits per heavy atom. The van der Waals surface area contributed by atoms with Gasteiger partial charge < -0.3 is 10.6 Å². The van der Waals surface area contributed by atoms with E-state index in [1.165, 1.54) is 10.4 Å². The van der Waals surface area contributed by atoms with Crippen molar-refractivity contribution in [2.45, 2.75) is 18.7 Å². The van der Waals surface area contributed by atoms with E-state index in [-0.39, 0.29) is 16.5 Å². The molecule has 0 bridgehead atoms. The van der Waals surface area contributed by atoms with Crippen LogP contribution >= 0.6 is 0 Å². The second kappa shape index (κ2) is 7.20. The average Bonchev–Trinajstić information content (AvgIpc) is 2.32. The molecule has 0 aliphatic heterocycles. The molecule has 0 fully saturated rings. The molecule has 0 radical (unpaired) electrons. The number of nitrogen functional groups attached to an aromatic ring is 1. The maximum atomic E-state index is 13.4. The third kappa shape index (κ3) is 5.26. The molecule has 0 atom stereocenters. The molecule has 0 spiro atoms. The highest BCUT2D eigenvalue weighted by Gasteiger charge is 2.25. The SMILES string of the molecule is CC(C)CN(CCN(C)C)S(=O)(=O)c1cc(N)cc(F)c1. The minimum atomic E-state index is -3.75. The van der Waals surface area contributed by atoms with Gasteiger partial charge in [0.25, 0.3) is 0 Å². The van der Waals surface area contributed by atoms with Crippen LogP contribution in [0.1, 0.15) is 13.8 Å². The summed E-state index contributed by atoms with van der Waals surface area (Å²) in [5.41, 5.74) is 5.65. The monoisotopic (exact) mass is 317 g/mol. The van der Waals surface area contributed by atoms with Crippen LogP contribution in [0, 0.1) is 11.7 Å². The van der Waals surface area contributed by atoms with Gasteiger partial charge in [0.15, 0.2) is 0 Å². The molecule has 5 nitrogen and oxygen atoms in total. The Morgan fingerprint density at radius 2 is 1.81 bits per heavy atom. The van der Waals surface area contributed by atoms with Gasteiger partial charge in [0.05, 0.1) is 4.90 Å². The number of sulfonamides is 1. The van der Waals surface area contributed by atoms with E-state index < -0.39 is 15.8 Å². The van der Waals surface area contributed by atoms with Gasteiger partial charge in [-0.25, -0.2) is 12.8 Å². The first-order valence-electron chi connectivity index (χ1n) is 6.84. The second-order valence-corrected chi connectivity index (χ2v) is 7.72. The van der Waals surface area contributed by atoms with Crippen LogP contribution < -0.4 is 5.73 Å². The zero-order valence-electron chi connectivity index (χ0n) is 13.0. The van der Waals surface area contributed by atoms with Crippen LogP contribution in [-0.4, -0.2) is 51.4 Å². The number of hydrogen-bond acceptors (Lipinski definition) is 4. The topological polar surface area (TPSA) is 66.6 Å². The van der Waals surface area contributed by atoms with E-state index in [1.807, 2.05) is 32.8 Å². The molecule has 1 rings (SSSR count). The molecule has 2 N–H and O–H groups in total. The van der Waals surface area contributed by atoms with Gasteiger partial charge >= 0.3 is 0 Å². The zero-order valence-corrected chi connectivity index (χ0v) is 13.8. The Labute approximate surface area is 126 Å². The van der Waals surface area contributed by atoms with Crippen molar-refractivity contribution in [3.05, 3.63) is 24.0 Å². The van der Waals surface area contributed by atoms with Crippen molar-refractivity contribution in [2.75, 3.05) is 39.5 Å². The molecule has 0 aliphatic rings. The number of nitrogens with zero attached hydrogens (tertiary/aromatic N) is 2. The molecule has 1 aromatic rings. The smallest absolute Gasteiger partial charge is 0.243 e. The van der Waals surface area contributed by atoms with Crippen LogP contribution in [0.5, 0.6) is 0 Å². The van der Waals surface area contributed by atoms with Crippen LogP contribution in [-0.2, 0) is 10.0 Å². The first kappa shape index (κ1) is 17.9. The third-order valence-electron chi connectivity index (χ3n) is 2.90. The predicted molar refractivity (Wildman–Crippen MR) is 83.0 cm³/mol. The summed E-state index contributed by atoms with van der Waals surface area (Å²) >= 11 is 0. The first-order chi connectivity index (χ1) is 9.62. The molecular weight excluding hydrogens is 293 g/mol. The molecule has 0 saturated heterocycles. The van der Waals surface area contributed by atoms with Gasteiger partial charge in [-0.1, -0.05) is 13.8 Å². The lowest BCUT2D eigenvalue weighted by Gasteiger charge is -2.25. The number of benzene rings is 1. The van der Waals surface area contributed by atoms with Gasteiger partial charge in [-0.2, -0.15) is 4.31 Å². The summed E-state index contributed by atoms with van der Waals surface area (Å²) < 4.78 is 40.1. The largest absolute Gasteiger partial charge is 0.399 e. The highest BCUT2D eigenvalue weighted by molar-refractivity contribution is 7.89. The number of anilines is 1. The van der Waals surface area contributed by atoms with Gasteiger partial charge in [-0.15, -0.1) is 0 Å². The van der Waals surface area contributed by atoms with E-state index >= 15 is 0 Å². The number of nitrogens with two attached hydrogens (primary N) is 1. The lowest BCUT2D eigenvalue weighted by molar-refractivity contribution is 0.312. The minimum Gasteiger partial charge on any atom is -0.399 e. The van der Waals surface area contributed by atoms with Crippen LogP contribution in [0.15, 0.2) is 23.1 Å². The Balaban J connectivity index is 3.12. The van der Waals surface area contributed by atoms with Crippen molar-refractivity contribution in [1.29, 1.82) is 0 Å². The van der Waals surface area contributed by atoms with Gasteiger partial charge in [0, 0.05) is 25.3 Å². The fourth-order valence-corrected chi connectivity index (χ4v) is 3.57. The van der Waals surface area contributed by atoms with Crippen LogP contribution in [0.4, 0.5) is 10.1 Å². The maximum absolute atomic E-state index is 13.4. The third-order valence-corrected chi connectivity index (χ3v) is 4.74. The fraction of sp³-hybridized carbons (Fsp3) is 0.571. The summed E-state index contributed by atoms with van der Waals surface area (Å²) in [6.07, 6.45) is 0. The van der Waals surface area contributed by atoms with Crippen LogP contribution in [0.2, 0.25) is 0 Å². The van der Waals surface area contributed by atoms with Gasteiger partial charge in [0.2, 0.25) is 10.0 Å². The van der Waals surface area contributed by atoms with Crippen molar-refractivity contribution >= 4 is 15.7 Å². The fourth-order valence-electron chi connectivity index (χ4n) is 1.91. The van der Waals surface area contributed by atoms with E-state index in [4.69, 9.17) is 5.73 Å². The molecule has 0 amide bonds. The Hall–Kier alpha value is -1.18. The van der Waals surface area contributed by atoms with Crippen molar-refractivity contribution in [3.8, 4) is 0 Å². The Morgan fingerprint density at radius 1 is 1.19 bits per heavy atom. The normalized spacial score (nSPS) is 12.6. The van der Waals surface area contributed by atoms with Crippen molar-refractivity contribution in [1.82, 2.24) is 9.21 Å². The highest BCUT2D eigenvalue weighted by Crippen LogP contribution is 2.21. The molecule has 0 aliphatic carbocycles. The summed E-state index contributed by atoms with van der Waals surface area (Å²) in [6.45, 7) is 5.21. The molecule has 0 aromatic heterocycles. The van der Waals surface area contributed by atoms with Crippen molar-refractivity contribution < 1.29 is 12.8 Å². The van der Waals surface area contributed by atoms with Gasteiger partial charge in [-0.05, 0) is 38.2 Å². The van der Waals surface area contributed by atoms with Crippen LogP contribution in [0.3, 0.4) is 0 Å². The van der Waals surface area contributed by atoms with E-state index in [2.05, 4.69) is 0 Å². The number of likely N-dealkylation sites (N-methyl/N-ethyl adjacent to an activating group) is 1. The molecule has 120 valence electrons. The predicted octanol–water partition coefficient (Wildman–Crippen LogP) is 1.62. The van der Waals surface area contributed by atoms with E-state index in [9.17, 15) is 12.8 Å². The Bertz CT molecular complexity index is 553. The highest BCUT2D eigenvalue weighted by atomic mass is 32.2. The minimum absolute atomic E-state index is 0.0978. The number of halogens is 1. The lowest BCUT2D eigenvalue weighted by atomic mass is 10.2. The molecule has 7 heteroatoms. The summed E-state index contributed by atoms with van der Waals surface area (Å²) in [4.78, 5) is 1.81. The second-order valence-electron chi connectivity index (χ2n) is 5.78. The molecule has 0 unspecified atom stereocenters. The zero-order chi connectivity index (χ0) is 16.2.